The fourth-order valence-electron chi connectivity index (χ4n) is 3.62. The highest BCUT2D eigenvalue weighted by molar-refractivity contribution is 7.99. The normalized spacial score (nSPS) is 22.4. The van der Waals surface area contributed by atoms with Crippen LogP contribution in [-0.4, -0.2) is 55.7 Å². The molecule has 1 aliphatic heterocycles. The van der Waals surface area contributed by atoms with Crippen molar-refractivity contribution in [2.45, 2.75) is 43.9 Å². The van der Waals surface area contributed by atoms with E-state index in [0.717, 1.165) is 35.6 Å². The van der Waals surface area contributed by atoms with Gasteiger partial charge in [0.25, 0.3) is 5.91 Å². The van der Waals surface area contributed by atoms with Crippen molar-refractivity contribution in [1.82, 2.24) is 10.6 Å². The second-order valence-corrected chi connectivity index (χ2v) is 8.07. The Morgan fingerprint density at radius 3 is 3.00 bits per heavy atom. The highest BCUT2D eigenvalue weighted by Crippen LogP contribution is 2.31. The number of nitrogens with one attached hydrogen (secondary N) is 2. The van der Waals surface area contributed by atoms with Gasteiger partial charge in [0.15, 0.2) is 12.6 Å². The van der Waals surface area contributed by atoms with E-state index in [1.165, 1.54) is 19.3 Å². The van der Waals surface area contributed by atoms with Crippen molar-refractivity contribution in [1.29, 1.82) is 0 Å². The van der Waals surface area contributed by atoms with E-state index in [1.54, 1.807) is 0 Å². The molecule has 0 saturated heterocycles. The number of para-hydroxylation sites is 2. The number of amides is 1. The number of thioether (sulfide) groups is 1. The summed E-state index contributed by atoms with van der Waals surface area (Å²) >= 11 is 1.96. The van der Waals surface area contributed by atoms with Crippen LogP contribution in [0.3, 0.4) is 0 Å². The van der Waals surface area contributed by atoms with Crippen molar-refractivity contribution in [2.75, 3.05) is 37.4 Å². The van der Waals surface area contributed by atoms with Gasteiger partial charge < -0.3 is 20.3 Å². The number of anilines is 1. The summed E-state index contributed by atoms with van der Waals surface area (Å²) in [6, 6.07) is 8.21. The first-order valence-corrected chi connectivity index (χ1v) is 11.1. The fourth-order valence-corrected chi connectivity index (χ4v) is 4.41. The molecular formula is C20H30N4O2S. The molecule has 1 aromatic rings. The van der Waals surface area contributed by atoms with Gasteiger partial charge in [-0.1, -0.05) is 12.1 Å². The van der Waals surface area contributed by atoms with Gasteiger partial charge in [0.1, 0.15) is 5.75 Å². The molecule has 0 radical (unpaired) electrons. The van der Waals surface area contributed by atoms with Crippen LogP contribution in [0.5, 0.6) is 5.75 Å². The maximum Gasteiger partial charge on any atom is 0.265 e. The number of aliphatic imine (C=N–C) groups is 1. The third-order valence-electron chi connectivity index (χ3n) is 5.02. The minimum absolute atomic E-state index is 0.0109. The van der Waals surface area contributed by atoms with Crippen LogP contribution < -0.4 is 20.3 Å². The SMILES string of the molecule is CCNC(=NCCCN1C(=O)COc2ccccc21)NC1CCC(SC)C1. The molecule has 1 amide bonds. The summed E-state index contributed by atoms with van der Waals surface area (Å²) < 4.78 is 5.49. The standard InChI is InChI=1S/C20H30N4O2S/c1-3-21-20(23-15-9-10-16(13-15)27-2)22-11-6-12-24-17-7-4-5-8-18(17)26-14-19(24)25/h4-5,7-8,15-16H,3,6,9-14H2,1-2H3,(H2,21,22,23). The van der Waals surface area contributed by atoms with Crippen molar-refractivity contribution in [3.8, 4) is 5.75 Å². The number of fused-ring (bicyclic) bond motifs is 1. The monoisotopic (exact) mass is 390 g/mol. The number of rotatable bonds is 7. The van der Waals surface area contributed by atoms with Crippen LogP contribution in [0.4, 0.5) is 5.69 Å². The lowest BCUT2D eigenvalue weighted by Gasteiger charge is -2.29. The van der Waals surface area contributed by atoms with Gasteiger partial charge in [-0.2, -0.15) is 11.8 Å². The van der Waals surface area contributed by atoms with Gasteiger partial charge in [-0.15, -0.1) is 0 Å². The summed E-state index contributed by atoms with van der Waals surface area (Å²) in [5.41, 5.74) is 0.858. The molecule has 2 unspecified atom stereocenters. The number of ether oxygens (including phenoxy) is 1. The molecular weight excluding hydrogens is 360 g/mol. The summed E-state index contributed by atoms with van der Waals surface area (Å²) in [7, 11) is 0. The quantitative estimate of drug-likeness (QED) is 0.426. The van der Waals surface area contributed by atoms with Crippen LogP contribution >= 0.6 is 11.8 Å². The molecule has 1 fully saturated rings. The number of hydrogen-bond acceptors (Lipinski definition) is 4. The summed E-state index contributed by atoms with van der Waals surface area (Å²) in [6.07, 6.45) is 6.68. The third-order valence-corrected chi connectivity index (χ3v) is 6.12. The first-order chi connectivity index (χ1) is 13.2. The Morgan fingerprint density at radius 2 is 2.22 bits per heavy atom. The van der Waals surface area contributed by atoms with Crippen molar-refractivity contribution in [2.24, 2.45) is 4.99 Å². The maximum absolute atomic E-state index is 12.2. The number of guanidine groups is 1. The van der Waals surface area contributed by atoms with Crippen molar-refractivity contribution in [3.63, 3.8) is 0 Å². The fraction of sp³-hybridized carbons (Fsp3) is 0.600. The lowest BCUT2D eigenvalue weighted by atomic mass is 10.2. The molecule has 1 saturated carbocycles. The van der Waals surface area contributed by atoms with Crippen LogP contribution in [0.1, 0.15) is 32.6 Å². The highest BCUT2D eigenvalue weighted by atomic mass is 32.2. The van der Waals surface area contributed by atoms with Crippen LogP contribution in [-0.2, 0) is 4.79 Å². The third kappa shape index (κ3) is 5.31. The van der Waals surface area contributed by atoms with E-state index in [-0.39, 0.29) is 12.5 Å². The molecule has 1 aromatic carbocycles. The molecule has 148 valence electrons. The van der Waals surface area contributed by atoms with Crippen LogP contribution in [0.25, 0.3) is 0 Å². The molecule has 0 aromatic heterocycles. The molecule has 2 aliphatic rings. The van der Waals surface area contributed by atoms with Gasteiger partial charge in [-0.3, -0.25) is 9.79 Å². The van der Waals surface area contributed by atoms with Crippen molar-refractivity contribution >= 4 is 29.3 Å². The Kier molecular flexibility index (Phi) is 7.26. The number of hydrogen-bond donors (Lipinski definition) is 2. The summed E-state index contributed by atoms with van der Waals surface area (Å²) in [4.78, 5) is 18.7. The van der Waals surface area contributed by atoms with E-state index in [4.69, 9.17) is 9.73 Å². The first-order valence-electron chi connectivity index (χ1n) is 9.81. The van der Waals surface area contributed by atoms with Crippen LogP contribution in [0.2, 0.25) is 0 Å². The molecule has 6 nitrogen and oxygen atoms in total. The molecule has 2 atom stereocenters. The average molecular weight is 391 g/mol. The number of carbonyl (C=O) groups is 1. The maximum atomic E-state index is 12.2. The van der Waals surface area contributed by atoms with Gasteiger partial charge in [0.2, 0.25) is 0 Å². The van der Waals surface area contributed by atoms with Gasteiger partial charge >= 0.3 is 0 Å². The summed E-state index contributed by atoms with van der Waals surface area (Å²) in [6.45, 7) is 4.38. The Morgan fingerprint density at radius 1 is 1.37 bits per heavy atom. The van der Waals surface area contributed by atoms with Gasteiger partial charge in [0.05, 0.1) is 5.69 Å². The number of nitrogens with zero attached hydrogens (tertiary/aromatic N) is 2. The number of benzene rings is 1. The molecule has 3 rings (SSSR count). The van der Waals surface area contributed by atoms with Gasteiger partial charge in [-0.05, 0) is 51.0 Å². The Bertz CT molecular complexity index is 667. The van der Waals surface area contributed by atoms with E-state index in [1.807, 2.05) is 40.9 Å². The average Bonchev–Trinajstić information content (AvgIpc) is 3.14. The Labute approximate surface area is 166 Å². The molecule has 1 aliphatic carbocycles. The van der Waals surface area contributed by atoms with Crippen molar-refractivity contribution < 1.29 is 9.53 Å². The summed E-state index contributed by atoms with van der Waals surface area (Å²) in [5, 5.41) is 7.67. The predicted octanol–water partition coefficient (Wildman–Crippen LogP) is 2.64. The van der Waals surface area contributed by atoms with E-state index in [2.05, 4.69) is 23.8 Å². The zero-order chi connectivity index (χ0) is 19.1. The number of carbonyl (C=O) groups excluding carboxylic acids is 1. The molecule has 7 heteroatoms. The molecule has 0 bridgehead atoms. The molecule has 2 N–H and O–H groups in total. The lowest BCUT2D eigenvalue weighted by molar-refractivity contribution is -0.121. The Balaban J connectivity index is 1.51. The van der Waals surface area contributed by atoms with Gasteiger partial charge in [0, 0.05) is 30.9 Å². The molecule has 27 heavy (non-hydrogen) atoms. The molecule has 0 spiro atoms. The topological polar surface area (TPSA) is 66.0 Å². The van der Waals surface area contributed by atoms with E-state index < -0.39 is 0 Å². The first kappa shape index (κ1) is 19.9. The van der Waals surface area contributed by atoms with Crippen LogP contribution in [0, 0.1) is 0 Å². The Hall–Kier alpha value is -1.89. The smallest absolute Gasteiger partial charge is 0.265 e. The van der Waals surface area contributed by atoms with E-state index in [0.29, 0.717) is 19.1 Å². The van der Waals surface area contributed by atoms with Crippen LogP contribution in [0.15, 0.2) is 29.3 Å². The largest absolute Gasteiger partial charge is 0.482 e. The second-order valence-electron chi connectivity index (χ2n) is 6.93. The van der Waals surface area contributed by atoms with Gasteiger partial charge in [-0.25, -0.2) is 0 Å². The zero-order valence-electron chi connectivity index (χ0n) is 16.2. The van der Waals surface area contributed by atoms with E-state index in [9.17, 15) is 4.79 Å². The minimum atomic E-state index is 0.0109. The predicted molar refractivity (Wildman–Crippen MR) is 113 cm³/mol. The lowest BCUT2D eigenvalue weighted by Crippen LogP contribution is -2.43. The highest BCUT2D eigenvalue weighted by Gasteiger charge is 2.25. The second kappa shape index (κ2) is 9.88. The molecule has 1 heterocycles. The minimum Gasteiger partial charge on any atom is -0.482 e. The van der Waals surface area contributed by atoms with Crippen molar-refractivity contribution in [3.05, 3.63) is 24.3 Å². The van der Waals surface area contributed by atoms with E-state index >= 15 is 0 Å². The summed E-state index contributed by atoms with van der Waals surface area (Å²) in [5.74, 6) is 1.68. The zero-order valence-corrected chi connectivity index (χ0v) is 17.1.